The molecule has 21 heavy (non-hydrogen) atoms. The van der Waals surface area contributed by atoms with Crippen molar-refractivity contribution in [1.29, 1.82) is 0 Å². The van der Waals surface area contributed by atoms with Gasteiger partial charge < -0.3 is 9.84 Å². The molecule has 0 saturated heterocycles. The third-order valence-electron chi connectivity index (χ3n) is 2.74. The van der Waals surface area contributed by atoms with Crippen LogP contribution in [-0.4, -0.2) is 22.7 Å². The molecule has 0 radical (unpaired) electrons. The summed E-state index contributed by atoms with van der Waals surface area (Å²) < 4.78 is 5.78. The second-order valence-electron chi connectivity index (χ2n) is 4.24. The van der Waals surface area contributed by atoms with E-state index in [0.717, 1.165) is 15.0 Å². The molecule has 2 rings (SSSR count). The van der Waals surface area contributed by atoms with Crippen LogP contribution in [0.25, 0.3) is 10.6 Å². The van der Waals surface area contributed by atoms with Gasteiger partial charge in [0, 0.05) is 15.4 Å². The number of ether oxygens (including phenoxy) is 1. The number of nitrogens with zero attached hydrogens (tertiary/aromatic N) is 1. The van der Waals surface area contributed by atoms with Crippen LogP contribution in [0.2, 0.25) is 0 Å². The van der Waals surface area contributed by atoms with Gasteiger partial charge in [0.05, 0.1) is 17.9 Å². The van der Waals surface area contributed by atoms with Crippen LogP contribution in [0.15, 0.2) is 46.3 Å². The number of thiazole rings is 1. The maximum atomic E-state index is 11.6. The van der Waals surface area contributed by atoms with Crippen molar-refractivity contribution < 1.29 is 14.6 Å². The Morgan fingerprint density at radius 1 is 1.57 bits per heavy atom. The lowest BCUT2D eigenvalue weighted by Crippen LogP contribution is -2.13. The zero-order valence-electron chi connectivity index (χ0n) is 11.4. The van der Waals surface area contributed by atoms with Gasteiger partial charge >= 0.3 is 5.97 Å². The summed E-state index contributed by atoms with van der Waals surface area (Å²) in [5.74, 6) is -0.609. The van der Waals surface area contributed by atoms with Gasteiger partial charge in [-0.2, -0.15) is 0 Å². The van der Waals surface area contributed by atoms with E-state index in [0.29, 0.717) is 5.69 Å². The molecule has 4 nitrogen and oxygen atoms in total. The zero-order chi connectivity index (χ0) is 15.4. The van der Waals surface area contributed by atoms with Gasteiger partial charge in [-0.25, -0.2) is 9.78 Å². The molecule has 1 aromatic carbocycles. The largest absolute Gasteiger partial charge is 0.463 e. The number of rotatable bonds is 5. The molecule has 0 aliphatic rings. The number of esters is 1. The van der Waals surface area contributed by atoms with Crippen LogP contribution < -0.4 is 0 Å². The zero-order valence-corrected chi connectivity index (χ0v) is 13.8. The van der Waals surface area contributed by atoms with E-state index in [1.54, 1.807) is 12.3 Å². The van der Waals surface area contributed by atoms with E-state index in [1.165, 1.54) is 11.3 Å². The van der Waals surface area contributed by atoms with Crippen molar-refractivity contribution in [3.63, 3.8) is 0 Å². The number of carbonyl (C=O) groups is 1. The Morgan fingerprint density at radius 2 is 2.33 bits per heavy atom. The van der Waals surface area contributed by atoms with Gasteiger partial charge in [0.1, 0.15) is 11.1 Å². The average Bonchev–Trinajstić information content (AvgIpc) is 2.95. The molecule has 1 aromatic heterocycles. The highest BCUT2D eigenvalue weighted by atomic mass is 79.9. The van der Waals surface area contributed by atoms with Crippen LogP contribution >= 0.6 is 27.3 Å². The third kappa shape index (κ3) is 3.78. The van der Waals surface area contributed by atoms with Crippen molar-refractivity contribution in [3.8, 4) is 10.6 Å². The van der Waals surface area contributed by atoms with Gasteiger partial charge in [0.2, 0.25) is 0 Å². The highest BCUT2D eigenvalue weighted by molar-refractivity contribution is 9.10. The number of aromatic nitrogens is 1. The smallest absolute Gasteiger partial charge is 0.336 e. The normalized spacial score (nSPS) is 12.0. The third-order valence-corrected chi connectivity index (χ3v) is 4.14. The van der Waals surface area contributed by atoms with Crippen molar-refractivity contribution in [2.24, 2.45) is 0 Å². The maximum Gasteiger partial charge on any atom is 0.336 e. The Balaban J connectivity index is 2.20. The maximum absolute atomic E-state index is 11.6. The molecule has 110 valence electrons. The molecule has 0 amide bonds. The van der Waals surface area contributed by atoms with Crippen molar-refractivity contribution in [3.05, 3.63) is 52.0 Å². The molecule has 0 fully saturated rings. The van der Waals surface area contributed by atoms with Gasteiger partial charge in [-0.15, -0.1) is 11.3 Å². The van der Waals surface area contributed by atoms with E-state index in [1.807, 2.05) is 24.3 Å². The fourth-order valence-electron chi connectivity index (χ4n) is 1.68. The predicted octanol–water partition coefficient (Wildman–Crippen LogP) is 3.73. The minimum absolute atomic E-state index is 0.0112. The number of aliphatic hydroxyl groups excluding tert-OH is 1. The van der Waals surface area contributed by atoms with Gasteiger partial charge in [-0.05, 0) is 19.1 Å². The van der Waals surface area contributed by atoms with Crippen molar-refractivity contribution >= 4 is 33.2 Å². The molecule has 1 atom stereocenters. The second kappa shape index (κ2) is 6.98. The number of halogens is 1. The highest BCUT2D eigenvalue weighted by Gasteiger charge is 2.22. The van der Waals surface area contributed by atoms with E-state index >= 15 is 0 Å². The monoisotopic (exact) mass is 367 g/mol. The van der Waals surface area contributed by atoms with Gasteiger partial charge in [-0.3, -0.25) is 0 Å². The summed E-state index contributed by atoms with van der Waals surface area (Å²) >= 11 is 4.80. The highest BCUT2D eigenvalue weighted by Crippen LogP contribution is 2.30. The van der Waals surface area contributed by atoms with Crippen LogP contribution in [0.4, 0.5) is 0 Å². The Morgan fingerprint density at radius 3 is 3.00 bits per heavy atom. The van der Waals surface area contributed by atoms with E-state index in [4.69, 9.17) is 4.74 Å². The average molecular weight is 368 g/mol. The quantitative estimate of drug-likeness (QED) is 0.646. The summed E-state index contributed by atoms with van der Waals surface area (Å²) in [5.41, 5.74) is 1.32. The molecular weight excluding hydrogens is 354 g/mol. The van der Waals surface area contributed by atoms with Crippen LogP contribution in [0, 0.1) is 0 Å². The molecular formula is C15H14BrNO3S. The van der Waals surface area contributed by atoms with E-state index in [-0.39, 0.29) is 12.2 Å². The molecule has 0 bridgehead atoms. The Bertz CT molecular complexity index is 668. The number of carbonyl (C=O) groups excluding carboxylic acids is 1. The molecule has 1 heterocycles. The van der Waals surface area contributed by atoms with Crippen LogP contribution in [0.1, 0.15) is 18.7 Å². The van der Waals surface area contributed by atoms with Crippen LogP contribution in [-0.2, 0) is 9.53 Å². The molecule has 1 N–H and O–H groups in total. The van der Waals surface area contributed by atoms with Gasteiger partial charge in [-0.1, -0.05) is 34.6 Å². The number of hydrogen-bond acceptors (Lipinski definition) is 5. The minimum atomic E-state index is -1.15. The Kier molecular flexibility index (Phi) is 5.27. The summed E-state index contributed by atoms with van der Waals surface area (Å²) in [4.78, 5) is 15.9. The molecule has 0 aliphatic heterocycles. The molecule has 6 heteroatoms. The lowest BCUT2D eigenvalue weighted by atomic mass is 10.1. The summed E-state index contributed by atoms with van der Waals surface area (Å²) in [5, 5.41) is 12.6. The first-order valence-electron chi connectivity index (χ1n) is 6.28. The first-order valence-corrected chi connectivity index (χ1v) is 7.95. The van der Waals surface area contributed by atoms with Crippen molar-refractivity contribution in [2.45, 2.75) is 13.0 Å². The standard InChI is InChI=1S/C15H14BrNO3S/c1-3-20-15(19)9(2)13(18)12-8-21-14(17-12)10-5-4-6-11(16)7-10/h4-8,13,18H,2-3H2,1H3. The SMILES string of the molecule is C=C(C(=O)OCC)C(O)c1csc(-c2cccc(Br)c2)n1. The Labute approximate surface area is 135 Å². The van der Waals surface area contributed by atoms with E-state index in [9.17, 15) is 9.90 Å². The lowest BCUT2D eigenvalue weighted by Gasteiger charge is -2.10. The lowest BCUT2D eigenvalue weighted by molar-refractivity contribution is -0.139. The minimum Gasteiger partial charge on any atom is -0.463 e. The summed E-state index contributed by atoms with van der Waals surface area (Å²) in [6, 6.07) is 7.71. The molecule has 2 aromatic rings. The molecule has 1 unspecified atom stereocenters. The second-order valence-corrected chi connectivity index (χ2v) is 6.01. The molecule has 0 spiro atoms. The first-order chi connectivity index (χ1) is 10.0. The fraction of sp³-hybridized carbons (Fsp3) is 0.200. The predicted molar refractivity (Wildman–Crippen MR) is 86.0 cm³/mol. The molecule has 0 saturated carbocycles. The first kappa shape index (κ1) is 15.9. The van der Waals surface area contributed by atoms with Gasteiger partial charge in [0.15, 0.2) is 0 Å². The fourth-order valence-corrected chi connectivity index (χ4v) is 2.91. The van der Waals surface area contributed by atoms with Crippen molar-refractivity contribution in [2.75, 3.05) is 6.61 Å². The summed E-state index contributed by atoms with van der Waals surface area (Å²) in [6.07, 6.45) is -1.15. The summed E-state index contributed by atoms with van der Waals surface area (Å²) in [7, 11) is 0. The number of benzene rings is 1. The van der Waals surface area contributed by atoms with Crippen molar-refractivity contribution in [1.82, 2.24) is 4.98 Å². The number of aliphatic hydroxyl groups is 1. The van der Waals surface area contributed by atoms with E-state index in [2.05, 4.69) is 27.5 Å². The van der Waals surface area contributed by atoms with E-state index < -0.39 is 12.1 Å². The van der Waals surface area contributed by atoms with Crippen LogP contribution in [0.3, 0.4) is 0 Å². The van der Waals surface area contributed by atoms with Crippen LogP contribution in [0.5, 0.6) is 0 Å². The topological polar surface area (TPSA) is 59.4 Å². The Hall–Kier alpha value is -1.50. The number of hydrogen-bond donors (Lipinski definition) is 1. The summed E-state index contributed by atoms with van der Waals surface area (Å²) in [6.45, 7) is 5.52. The van der Waals surface area contributed by atoms with Gasteiger partial charge in [0.25, 0.3) is 0 Å². The molecule has 0 aliphatic carbocycles.